The summed E-state index contributed by atoms with van der Waals surface area (Å²) in [7, 11) is 0. The smallest absolute Gasteiger partial charge is 0.310 e. The zero-order chi connectivity index (χ0) is 20.6. The molecular weight excluding hydrogens is 374 g/mol. The van der Waals surface area contributed by atoms with Crippen LogP contribution in [0.5, 0.6) is 0 Å². The molecule has 0 saturated heterocycles. The number of carboxylic acid groups (broad SMARTS) is 1. The van der Waals surface area contributed by atoms with E-state index in [0.29, 0.717) is 17.0 Å². The summed E-state index contributed by atoms with van der Waals surface area (Å²) in [6, 6.07) is 6.72. The first-order valence-corrected chi connectivity index (χ1v) is 9.08. The highest BCUT2D eigenvalue weighted by atomic mass is 35.5. The normalized spacial score (nSPS) is 13.3. The van der Waals surface area contributed by atoms with Gasteiger partial charge in [-0.15, -0.1) is 0 Å². The van der Waals surface area contributed by atoms with Crippen LogP contribution in [0.25, 0.3) is 0 Å². The first-order chi connectivity index (χ1) is 12.6. The molecule has 0 aliphatic heterocycles. The Balaban J connectivity index is 2.91. The average Bonchev–Trinajstić information content (AvgIpc) is 2.59. The highest BCUT2D eigenvalue weighted by Gasteiger charge is 2.26. The molecule has 27 heavy (non-hydrogen) atoms. The minimum Gasteiger partial charge on any atom is -0.481 e. The van der Waals surface area contributed by atoms with Crippen molar-refractivity contribution in [2.24, 2.45) is 11.8 Å². The number of ether oxygens (including phenoxy) is 1. The van der Waals surface area contributed by atoms with Gasteiger partial charge < -0.3 is 9.84 Å². The van der Waals surface area contributed by atoms with Crippen LogP contribution in [0.2, 0.25) is 5.02 Å². The van der Waals surface area contributed by atoms with Crippen LogP contribution in [0, 0.1) is 11.8 Å². The lowest BCUT2D eigenvalue weighted by Gasteiger charge is -2.29. The summed E-state index contributed by atoms with van der Waals surface area (Å²) in [5.74, 6) is -2.51. The van der Waals surface area contributed by atoms with Crippen LogP contribution < -0.4 is 0 Å². The van der Waals surface area contributed by atoms with Gasteiger partial charge in [-0.1, -0.05) is 51.4 Å². The summed E-state index contributed by atoms with van der Waals surface area (Å²) in [5.41, 5.74) is 0.706. The minimum atomic E-state index is -1.01. The van der Waals surface area contributed by atoms with E-state index in [9.17, 15) is 19.5 Å². The van der Waals surface area contributed by atoms with Gasteiger partial charge in [-0.3, -0.25) is 14.4 Å². The molecule has 1 rings (SSSR count). The molecule has 0 aromatic heterocycles. The molecule has 8 heteroatoms. The molecule has 1 N–H and O–H groups in total. The van der Waals surface area contributed by atoms with Gasteiger partial charge in [0.1, 0.15) is 0 Å². The molecular formula is C19H26ClNO6. The maximum Gasteiger partial charge on any atom is 0.310 e. The summed E-state index contributed by atoms with van der Waals surface area (Å²) in [6.45, 7) is 6.95. The van der Waals surface area contributed by atoms with E-state index < -0.39 is 24.1 Å². The van der Waals surface area contributed by atoms with Gasteiger partial charge in [0, 0.05) is 16.9 Å². The van der Waals surface area contributed by atoms with Crippen LogP contribution >= 0.6 is 11.6 Å². The molecule has 0 radical (unpaired) electrons. The Bertz CT molecular complexity index is 632. The Morgan fingerprint density at radius 1 is 1.19 bits per heavy atom. The zero-order valence-corrected chi connectivity index (χ0v) is 16.7. The fourth-order valence-corrected chi connectivity index (χ4v) is 2.35. The largest absolute Gasteiger partial charge is 0.481 e. The fourth-order valence-electron chi connectivity index (χ4n) is 2.22. The Hall–Kier alpha value is -2.12. The first-order valence-electron chi connectivity index (χ1n) is 8.70. The minimum absolute atomic E-state index is 0.0140. The fraction of sp³-hybridized carbons (Fsp3) is 0.526. The Kier molecular flexibility index (Phi) is 9.25. The van der Waals surface area contributed by atoms with Crippen molar-refractivity contribution < 1.29 is 29.1 Å². The van der Waals surface area contributed by atoms with Gasteiger partial charge >= 0.3 is 11.9 Å². The van der Waals surface area contributed by atoms with E-state index >= 15 is 0 Å². The molecule has 2 atom stereocenters. The number of carbonyl (C=O) groups is 3. The second kappa shape index (κ2) is 10.9. The van der Waals surface area contributed by atoms with Gasteiger partial charge in [-0.05, 0) is 17.7 Å². The van der Waals surface area contributed by atoms with Gasteiger partial charge in [0.25, 0.3) is 0 Å². The van der Waals surface area contributed by atoms with Gasteiger partial charge in [-0.25, -0.2) is 9.90 Å². The molecule has 0 aliphatic rings. The van der Waals surface area contributed by atoms with E-state index in [0.717, 1.165) is 5.06 Å². The van der Waals surface area contributed by atoms with Crippen LogP contribution in [-0.4, -0.2) is 41.4 Å². The highest BCUT2D eigenvalue weighted by molar-refractivity contribution is 6.30. The van der Waals surface area contributed by atoms with Crippen LogP contribution in [0.3, 0.4) is 0 Å². The van der Waals surface area contributed by atoms with E-state index in [-0.39, 0.29) is 24.8 Å². The number of esters is 1. The summed E-state index contributed by atoms with van der Waals surface area (Å²) >= 11 is 5.88. The molecule has 0 aliphatic carbocycles. The third-order valence-corrected chi connectivity index (χ3v) is 4.02. The molecule has 0 saturated carbocycles. The second-order valence-electron chi connectivity index (χ2n) is 6.86. The number of carbonyl (C=O) groups excluding carboxylic acids is 2. The van der Waals surface area contributed by atoms with Crippen LogP contribution in [0.15, 0.2) is 24.3 Å². The van der Waals surface area contributed by atoms with E-state index in [1.807, 2.05) is 0 Å². The monoisotopic (exact) mass is 399 g/mol. The lowest BCUT2D eigenvalue weighted by molar-refractivity contribution is -0.272. The first kappa shape index (κ1) is 22.9. The van der Waals surface area contributed by atoms with Crippen molar-refractivity contribution in [2.45, 2.75) is 46.3 Å². The van der Waals surface area contributed by atoms with Gasteiger partial charge in [0.15, 0.2) is 0 Å². The Labute approximate surface area is 164 Å². The topological polar surface area (TPSA) is 93.1 Å². The molecule has 1 aromatic rings. The van der Waals surface area contributed by atoms with Gasteiger partial charge in [0.05, 0.1) is 18.9 Å². The average molecular weight is 400 g/mol. The number of benzene rings is 1. The van der Waals surface area contributed by atoms with E-state index in [4.69, 9.17) is 21.2 Å². The number of carboxylic acids is 1. The number of hydroxylamine groups is 2. The molecule has 150 valence electrons. The van der Waals surface area contributed by atoms with Crippen molar-refractivity contribution in [3.8, 4) is 0 Å². The summed E-state index contributed by atoms with van der Waals surface area (Å²) in [4.78, 5) is 40.1. The molecule has 7 nitrogen and oxygen atoms in total. The van der Waals surface area contributed by atoms with Crippen molar-refractivity contribution in [1.29, 1.82) is 0 Å². The number of halogens is 1. The number of hydrogen-bond donors (Lipinski definition) is 1. The summed E-state index contributed by atoms with van der Waals surface area (Å²) in [6.07, 6.45) is -0.711. The van der Waals surface area contributed by atoms with Gasteiger partial charge in [-0.2, -0.15) is 0 Å². The number of rotatable bonds is 11. The van der Waals surface area contributed by atoms with Crippen LogP contribution in [0.4, 0.5) is 0 Å². The standard InChI is InChI=1S/C19H26ClNO6/c1-12(2)18(25)26-19(13(3)4)27-21(11-22)10-15(9-17(23)24)14-5-7-16(20)8-6-14/h5-8,11-13,15,19H,9-10H2,1-4H3,(H,23,24)/t15-,19?/m0/s1. The van der Waals surface area contributed by atoms with Crippen molar-refractivity contribution >= 4 is 29.9 Å². The maximum atomic E-state index is 11.8. The van der Waals surface area contributed by atoms with Crippen LogP contribution in [0.1, 0.15) is 45.6 Å². The molecule has 0 fully saturated rings. The van der Waals surface area contributed by atoms with Crippen molar-refractivity contribution in [1.82, 2.24) is 5.06 Å². The number of nitrogens with zero attached hydrogens (tertiary/aromatic N) is 1. The van der Waals surface area contributed by atoms with E-state index in [1.54, 1.807) is 52.0 Å². The van der Waals surface area contributed by atoms with E-state index in [2.05, 4.69) is 0 Å². The molecule has 1 amide bonds. The summed E-state index contributed by atoms with van der Waals surface area (Å²) in [5, 5.41) is 10.7. The molecule has 0 bridgehead atoms. The predicted octanol–water partition coefficient (Wildman–Crippen LogP) is 3.47. The lowest BCUT2D eigenvalue weighted by atomic mass is 9.95. The third kappa shape index (κ3) is 7.97. The van der Waals surface area contributed by atoms with E-state index in [1.165, 1.54) is 0 Å². The van der Waals surface area contributed by atoms with Crippen molar-refractivity contribution in [2.75, 3.05) is 6.54 Å². The quantitative estimate of drug-likeness (QED) is 0.265. The lowest BCUT2D eigenvalue weighted by Crippen LogP contribution is -2.38. The second-order valence-corrected chi connectivity index (χ2v) is 7.30. The molecule has 0 heterocycles. The maximum absolute atomic E-state index is 11.8. The molecule has 1 unspecified atom stereocenters. The van der Waals surface area contributed by atoms with Gasteiger partial charge in [0.2, 0.25) is 12.7 Å². The summed E-state index contributed by atoms with van der Waals surface area (Å²) < 4.78 is 5.29. The molecule has 0 spiro atoms. The van der Waals surface area contributed by atoms with Crippen molar-refractivity contribution in [3.63, 3.8) is 0 Å². The Morgan fingerprint density at radius 3 is 2.22 bits per heavy atom. The SMILES string of the molecule is CC(C)C(=O)OC(ON(C=O)C[C@H](CC(=O)O)c1ccc(Cl)cc1)C(C)C. The number of hydrogen-bond acceptors (Lipinski definition) is 5. The van der Waals surface area contributed by atoms with Crippen LogP contribution in [-0.2, 0) is 24.0 Å². The molecule has 1 aromatic carbocycles. The number of aliphatic carboxylic acids is 1. The van der Waals surface area contributed by atoms with Crippen molar-refractivity contribution in [3.05, 3.63) is 34.9 Å². The number of amides is 1. The third-order valence-electron chi connectivity index (χ3n) is 3.77. The highest BCUT2D eigenvalue weighted by Crippen LogP contribution is 2.24. The Morgan fingerprint density at radius 2 is 1.78 bits per heavy atom. The zero-order valence-electron chi connectivity index (χ0n) is 15.9. The predicted molar refractivity (Wildman–Crippen MR) is 99.9 cm³/mol.